The van der Waals surface area contributed by atoms with Gasteiger partial charge in [-0.15, -0.1) is 4.36 Å². The van der Waals surface area contributed by atoms with E-state index in [2.05, 4.69) is 4.36 Å². The fourth-order valence-corrected chi connectivity index (χ4v) is 4.13. The lowest BCUT2D eigenvalue weighted by atomic mass is 10.1. The highest BCUT2D eigenvalue weighted by molar-refractivity contribution is 7.93. The lowest BCUT2D eigenvalue weighted by molar-refractivity contribution is 0.0992. The van der Waals surface area contributed by atoms with Crippen molar-refractivity contribution in [1.29, 1.82) is 10.5 Å². The molecule has 0 amide bonds. The van der Waals surface area contributed by atoms with E-state index in [-0.39, 0.29) is 46.1 Å². The van der Waals surface area contributed by atoms with E-state index in [9.17, 15) is 17.8 Å². The summed E-state index contributed by atoms with van der Waals surface area (Å²) in [6.45, 7) is 0. The number of nitrogens with zero attached hydrogens (tertiary/aromatic N) is 3. The molecular weight excluding hydrogens is 376 g/mol. The molecule has 0 aliphatic heterocycles. The largest absolute Gasteiger partial charge is 0.457 e. The fourth-order valence-electron chi connectivity index (χ4n) is 2.90. The lowest BCUT2D eigenvalue weighted by Gasteiger charge is -2.14. The summed E-state index contributed by atoms with van der Waals surface area (Å²) < 4.78 is 48.4. The van der Waals surface area contributed by atoms with E-state index < -0.39 is 21.6 Å². The van der Waals surface area contributed by atoms with E-state index in [0.717, 1.165) is 12.1 Å². The van der Waals surface area contributed by atoms with Crippen molar-refractivity contribution in [2.45, 2.75) is 17.7 Å². The maximum Gasteiger partial charge on any atom is 0.215 e. The summed E-state index contributed by atoms with van der Waals surface area (Å²) in [6.07, 6.45) is 1.69. The van der Waals surface area contributed by atoms with Gasteiger partial charge in [0.05, 0.1) is 16.5 Å². The number of hydrogen-bond acceptors (Lipinski definition) is 6. The Hall–Kier alpha value is -3.30. The maximum atomic E-state index is 13.6. The summed E-state index contributed by atoms with van der Waals surface area (Å²) in [5.74, 6) is -0.779. The number of carbonyl (C=O) groups excluding carboxylic acids is 1. The van der Waals surface area contributed by atoms with Gasteiger partial charge in [-0.05, 0) is 30.7 Å². The first-order valence-electron chi connectivity index (χ1n) is 7.68. The highest BCUT2D eigenvalue weighted by Crippen LogP contribution is 2.38. The molecule has 0 heterocycles. The number of carbonyl (C=O) groups is 1. The lowest BCUT2D eigenvalue weighted by Crippen LogP contribution is -2.09. The maximum absolute atomic E-state index is 13.6. The first-order valence-corrected chi connectivity index (χ1v) is 9.37. The molecule has 27 heavy (non-hydrogen) atoms. The number of hydrogen-bond donors (Lipinski definition) is 0. The van der Waals surface area contributed by atoms with Crippen LogP contribution in [0.5, 0.6) is 11.5 Å². The topological polar surface area (TPSA) is 103 Å². The Kier molecular flexibility index (Phi) is 4.89. The van der Waals surface area contributed by atoms with Crippen LogP contribution in [0, 0.1) is 28.6 Å². The van der Waals surface area contributed by atoms with E-state index in [1.54, 1.807) is 0 Å². The van der Waals surface area contributed by atoms with Gasteiger partial charge in [-0.2, -0.15) is 10.5 Å². The van der Waals surface area contributed by atoms with Gasteiger partial charge in [0.15, 0.2) is 11.8 Å². The molecule has 1 aliphatic rings. The third-order valence-corrected chi connectivity index (χ3v) is 5.72. The number of alkyl halides is 1. The zero-order chi connectivity index (χ0) is 19.6. The SMILES string of the molecule is N#CN=S(=O)(CF)c1ccc(Oc2cc(F)cc(C#N)c2)c2c1C(=O)CC2. The van der Waals surface area contributed by atoms with Crippen molar-refractivity contribution in [1.82, 2.24) is 0 Å². The van der Waals surface area contributed by atoms with Gasteiger partial charge in [-0.3, -0.25) is 4.79 Å². The minimum atomic E-state index is -3.70. The summed E-state index contributed by atoms with van der Waals surface area (Å²) >= 11 is 0. The van der Waals surface area contributed by atoms with Crippen molar-refractivity contribution in [3.8, 4) is 23.8 Å². The first kappa shape index (κ1) is 18.5. The van der Waals surface area contributed by atoms with Crippen LogP contribution in [0.2, 0.25) is 0 Å². The van der Waals surface area contributed by atoms with Gasteiger partial charge in [0.1, 0.15) is 27.0 Å². The fraction of sp³-hybridized carbons (Fsp3) is 0.167. The minimum absolute atomic E-state index is 0.0195. The number of ether oxygens (including phenoxy) is 1. The molecule has 0 aromatic heterocycles. The summed E-state index contributed by atoms with van der Waals surface area (Å²) in [5.41, 5.74) is 0.461. The summed E-state index contributed by atoms with van der Waals surface area (Å²) in [6, 6.07) is 6.45. The van der Waals surface area contributed by atoms with Crippen molar-refractivity contribution in [3.05, 3.63) is 52.8 Å². The third kappa shape index (κ3) is 3.37. The van der Waals surface area contributed by atoms with Crippen LogP contribution in [-0.4, -0.2) is 16.0 Å². The van der Waals surface area contributed by atoms with Crippen LogP contribution in [0.3, 0.4) is 0 Å². The molecule has 2 aromatic carbocycles. The predicted octanol–water partition coefficient (Wildman–Crippen LogP) is 3.85. The molecule has 0 saturated heterocycles. The first-order chi connectivity index (χ1) is 12.9. The third-order valence-electron chi connectivity index (χ3n) is 4.02. The van der Waals surface area contributed by atoms with E-state index in [1.165, 1.54) is 24.4 Å². The molecular formula is C18H11F2N3O3S. The average molecular weight is 387 g/mol. The van der Waals surface area contributed by atoms with Crippen LogP contribution >= 0.6 is 0 Å². The number of benzene rings is 2. The van der Waals surface area contributed by atoms with Gasteiger partial charge in [0.2, 0.25) is 6.19 Å². The molecule has 9 heteroatoms. The molecule has 2 aromatic rings. The molecule has 1 aliphatic carbocycles. The number of fused-ring (bicyclic) bond motifs is 1. The average Bonchev–Trinajstić information content (AvgIpc) is 3.04. The van der Waals surface area contributed by atoms with Crippen LogP contribution in [0.15, 0.2) is 39.6 Å². The van der Waals surface area contributed by atoms with Crippen LogP contribution in [0.25, 0.3) is 0 Å². The summed E-state index contributed by atoms with van der Waals surface area (Å²) in [7, 11) is -3.70. The van der Waals surface area contributed by atoms with E-state index in [0.29, 0.717) is 5.56 Å². The molecule has 1 unspecified atom stereocenters. The van der Waals surface area contributed by atoms with Gasteiger partial charge >= 0.3 is 0 Å². The molecule has 3 rings (SSSR count). The normalized spacial score (nSPS) is 14.6. The number of nitriles is 2. The Morgan fingerprint density at radius 3 is 2.67 bits per heavy atom. The van der Waals surface area contributed by atoms with Gasteiger partial charge in [0, 0.05) is 23.6 Å². The number of rotatable bonds is 4. The van der Waals surface area contributed by atoms with Crippen molar-refractivity contribution < 1.29 is 22.5 Å². The molecule has 1 atom stereocenters. The number of halogens is 2. The Bertz CT molecular complexity index is 1160. The Balaban J connectivity index is 2.14. The van der Waals surface area contributed by atoms with Crippen LogP contribution in [-0.2, 0) is 16.1 Å². The monoisotopic (exact) mass is 387 g/mol. The minimum Gasteiger partial charge on any atom is -0.457 e. The highest BCUT2D eigenvalue weighted by Gasteiger charge is 2.31. The second kappa shape index (κ2) is 7.14. The zero-order valence-electron chi connectivity index (χ0n) is 13.7. The number of Topliss-reactive ketones (excluding diaryl/α,β-unsaturated/α-hetero) is 1. The van der Waals surface area contributed by atoms with Crippen molar-refractivity contribution >= 4 is 15.5 Å². The standard InChI is InChI=1S/C18H11F2N3O3S/c19-9-27(25,23-10-22)17-4-3-16(14-1-2-15(24)18(14)17)26-13-6-11(8-21)5-12(20)7-13/h3-7H,1-2,9H2. The second-order valence-electron chi connectivity index (χ2n) is 5.67. The summed E-state index contributed by atoms with van der Waals surface area (Å²) in [4.78, 5) is 12.1. The molecule has 0 fully saturated rings. The van der Waals surface area contributed by atoms with E-state index in [1.807, 2.05) is 6.07 Å². The van der Waals surface area contributed by atoms with Gasteiger partial charge in [-0.25, -0.2) is 13.0 Å². The molecule has 0 bridgehead atoms. The smallest absolute Gasteiger partial charge is 0.215 e. The Morgan fingerprint density at radius 1 is 1.22 bits per heavy atom. The highest BCUT2D eigenvalue weighted by atomic mass is 32.2. The molecule has 136 valence electrons. The predicted molar refractivity (Wildman–Crippen MR) is 90.7 cm³/mol. The molecule has 0 saturated carbocycles. The zero-order valence-corrected chi connectivity index (χ0v) is 14.6. The van der Waals surface area contributed by atoms with Crippen molar-refractivity contribution in [2.75, 3.05) is 6.01 Å². The number of ketones is 1. The Morgan fingerprint density at radius 2 is 2.00 bits per heavy atom. The molecule has 0 N–H and O–H groups in total. The van der Waals surface area contributed by atoms with Crippen LogP contribution in [0.4, 0.5) is 8.78 Å². The molecule has 0 spiro atoms. The van der Waals surface area contributed by atoms with Crippen molar-refractivity contribution in [2.24, 2.45) is 4.36 Å². The van der Waals surface area contributed by atoms with Gasteiger partial charge < -0.3 is 4.74 Å². The van der Waals surface area contributed by atoms with Crippen LogP contribution in [0.1, 0.15) is 27.9 Å². The summed E-state index contributed by atoms with van der Waals surface area (Å²) in [5, 5.41) is 17.6. The Labute approximate surface area is 153 Å². The molecule has 6 nitrogen and oxygen atoms in total. The van der Waals surface area contributed by atoms with E-state index in [4.69, 9.17) is 15.3 Å². The molecule has 0 radical (unpaired) electrons. The van der Waals surface area contributed by atoms with Crippen LogP contribution < -0.4 is 4.74 Å². The van der Waals surface area contributed by atoms with E-state index >= 15 is 0 Å². The second-order valence-corrected chi connectivity index (χ2v) is 7.79. The van der Waals surface area contributed by atoms with Gasteiger partial charge in [0.25, 0.3) is 0 Å². The van der Waals surface area contributed by atoms with Gasteiger partial charge in [-0.1, -0.05) is 0 Å². The quantitative estimate of drug-likeness (QED) is 0.741. The van der Waals surface area contributed by atoms with Crippen molar-refractivity contribution in [3.63, 3.8) is 0 Å².